The van der Waals surface area contributed by atoms with Crippen LogP contribution in [0.25, 0.3) is 0 Å². The number of carbonyl (C=O) groups is 2. The molecule has 0 aromatic carbocycles. The Morgan fingerprint density at radius 2 is 2.33 bits per heavy atom. The molecule has 1 aromatic heterocycles. The Labute approximate surface area is 68.6 Å². The third-order valence-corrected chi connectivity index (χ3v) is 1.50. The minimum absolute atomic E-state index is 0.105. The Kier molecular flexibility index (Phi) is 2.23. The van der Waals surface area contributed by atoms with E-state index in [-0.39, 0.29) is 6.42 Å². The van der Waals surface area contributed by atoms with Crippen molar-refractivity contribution >= 4 is 11.8 Å². The van der Waals surface area contributed by atoms with Gasteiger partial charge in [-0.1, -0.05) is 0 Å². The molecule has 0 amide bonds. The number of aromatic nitrogens is 2. The summed E-state index contributed by atoms with van der Waals surface area (Å²) < 4.78 is 1.47. The number of rotatable bonds is 3. The number of hydrogen-bond donors (Lipinski definition) is 1. The lowest BCUT2D eigenvalue weighted by Crippen LogP contribution is -2.16. The van der Waals surface area contributed by atoms with Crippen LogP contribution in [-0.4, -0.2) is 26.6 Å². The van der Waals surface area contributed by atoms with Crippen LogP contribution < -0.4 is 0 Å². The molecule has 0 fully saturated rings. The number of nitrogens with zero attached hydrogens (tertiary/aromatic N) is 2. The maximum absolute atomic E-state index is 10.7. The van der Waals surface area contributed by atoms with E-state index < -0.39 is 11.8 Å². The van der Waals surface area contributed by atoms with E-state index in [2.05, 4.69) is 5.10 Å². The second kappa shape index (κ2) is 3.17. The Hall–Kier alpha value is -1.65. The highest BCUT2D eigenvalue weighted by Crippen LogP contribution is 1.97. The van der Waals surface area contributed by atoms with Gasteiger partial charge in [0.25, 0.3) is 0 Å². The first-order valence-corrected chi connectivity index (χ1v) is 3.34. The predicted octanol–water partition coefficient (Wildman–Crippen LogP) is -0.384. The minimum Gasteiger partial charge on any atom is -0.475 e. The summed E-state index contributed by atoms with van der Waals surface area (Å²) in [5.41, 5.74) is 0.599. The van der Waals surface area contributed by atoms with E-state index in [1.54, 1.807) is 13.1 Å². The van der Waals surface area contributed by atoms with Crippen molar-refractivity contribution in [1.29, 1.82) is 0 Å². The summed E-state index contributed by atoms with van der Waals surface area (Å²) in [6.07, 6.45) is 1.41. The van der Waals surface area contributed by atoms with Crippen LogP contribution in [0.1, 0.15) is 5.69 Å². The summed E-state index contributed by atoms with van der Waals surface area (Å²) in [4.78, 5) is 20.9. The highest BCUT2D eigenvalue weighted by atomic mass is 16.4. The molecule has 5 nitrogen and oxygen atoms in total. The zero-order valence-corrected chi connectivity index (χ0v) is 6.52. The van der Waals surface area contributed by atoms with Crippen LogP contribution in [0.3, 0.4) is 0 Å². The average molecular weight is 168 g/mol. The molecule has 0 aliphatic carbocycles. The Morgan fingerprint density at radius 3 is 2.75 bits per heavy atom. The van der Waals surface area contributed by atoms with E-state index in [0.29, 0.717) is 5.69 Å². The molecule has 0 saturated heterocycles. The van der Waals surface area contributed by atoms with E-state index in [0.717, 1.165) is 0 Å². The van der Waals surface area contributed by atoms with Crippen LogP contribution in [0.2, 0.25) is 0 Å². The van der Waals surface area contributed by atoms with Gasteiger partial charge in [0.15, 0.2) is 0 Å². The van der Waals surface area contributed by atoms with Crippen molar-refractivity contribution < 1.29 is 14.7 Å². The van der Waals surface area contributed by atoms with E-state index in [4.69, 9.17) is 5.11 Å². The predicted molar refractivity (Wildman–Crippen MR) is 39.6 cm³/mol. The zero-order chi connectivity index (χ0) is 9.14. The van der Waals surface area contributed by atoms with Crippen molar-refractivity contribution in [2.24, 2.45) is 7.05 Å². The quantitative estimate of drug-likeness (QED) is 0.624. The number of carboxylic acids is 1. The van der Waals surface area contributed by atoms with Gasteiger partial charge < -0.3 is 5.11 Å². The topological polar surface area (TPSA) is 72.2 Å². The number of carbonyl (C=O) groups excluding carboxylic acids is 1. The van der Waals surface area contributed by atoms with E-state index in [1.165, 1.54) is 10.9 Å². The second-order valence-electron chi connectivity index (χ2n) is 2.35. The van der Waals surface area contributed by atoms with Gasteiger partial charge in [0.1, 0.15) is 0 Å². The van der Waals surface area contributed by atoms with Crippen LogP contribution in [0, 0.1) is 0 Å². The summed E-state index contributed by atoms with van der Waals surface area (Å²) >= 11 is 0. The molecular weight excluding hydrogens is 160 g/mol. The molecule has 5 heteroatoms. The Balaban J connectivity index is 2.71. The van der Waals surface area contributed by atoms with Gasteiger partial charge >= 0.3 is 5.97 Å². The highest BCUT2D eigenvalue weighted by molar-refractivity contribution is 6.33. The largest absolute Gasteiger partial charge is 0.475 e. The smallest absolute Gasteiger partial charge is 0.372 e. The minimum atomic E-state index is -1.41. The van der Waals surface area contributed by atoms with Gasteiger partial charge in [-0.3, -0.25) is 9.48 Å². The number of carboxylic acid groups (broad SMARTS) is 1. The first kappa shape index (κ1) is 8.45. The molecular formula is C7H8N2O3. The summed E-state index contributed by atoms with van der Waals surface area (Å²) in [5, 5.41) is 12.1. The zero-order valence-electron chi connectivity index (χ0n) is 6.52. The molecule has 0 aliphatic heterocycles. The van der Waals surface area contributed by atoms with Crippen LogP contribution in [0.5, 0.6) is 0 Å². The SMILES string of the molecule is Cn1nccc1CC(=O)C(=O)O. The molecule has 0 bridgehead atoms. The number of Topliss-reactive ketones (excluding diaryl/α,β-unsaturated/α-hetero) is 1. The molecule has 1 aromatic rings. The lowest BCUT2D eigenvalue weighted by Gasteiger charge is -1.96. The van der Waals surface area contributed by atoms with Crippen LogP contribution in [0.15, 0.2) is 12.3 Å². The van der Waals surface area contributed by atoms with Crippen LogP contribution >= 0.6 is 0 Å². The second-order valence-corrected chi connectivity index (χ2v) is 2.35. The van der Waals surface area contributed by atoms with Gasteiger partial charge in [0.2, 0.25) is 5.78 Å². The van der Waals surface area contributed by atoms with Crippen molar-refractivity contribution in [3.8, 4) is 0 Å². The number of hydrogen-bond acceptors (Lipinski definition) is 3. The Morgan fingerprint density at radius 1 is 1.67 bits per heavy atom. The molecule has 0 spiro atoms. The van der Waals surface area contributed by atoms with E-state index in [9.17, 15) is 9.59 Å². The summed E-state index contributed by atoms with van der Waals surface area (Å²) in [7, 11) is 1.66. The van der Waals surface area contributed by atoms with Gasteiger partial charge in [0, 0.05) is 18.9 Å². The highest BCUT2D eigenvalue weighted by Gasteiger charge is 2.13. The van der Waals surface area contributed by atoms with Gasteiger partial charge in [-0.15, -0.1) is 0 Å². The van der Waals surface area contributed by atoms with Crippen molar-refractivity contribution in [3.63, 3.8) is 0 Å². The van der Waals surface area contributed by atoms with Crippen molar-refractivity contribution in [1.82, 2.24) is 9.78 Å². The van der Waals surface area contributed by atoms with Crippen LogP contribution in [0.4, 0.5) is 0 Å². The standard InChI is InChI=1S/C7H8N2O3/c1-9-5(2-3-8-9)4-6(10)7(11)12/h2-3H,4H2,1H3,(H,11,12). The monoisotopic (exact) mass is 168 g/mol. The molecule has 1 rings (SSSR count). The van der Waals surface area contributed by atoms with Gasteiger partial charge in [0.05, 0.1) is 6.42 Å². The number of ketones is 1. The molecule has 1 N–H and O–H groups in total. The lowest BCUT2D eigenvalue weighted by atomic mass is 10.2. The molecule has 0 radical (unpaired) electrons. The third-order valence-electron chi connectivity index (χ3n) is 1.50. The van der Waals surface area contributed by atoms with Gasteiger partial charge in [-0.25, -0.2) is 4.79 Å². The summed E-state index contributed by atoms with van der Waals surface area (Å²) in [5.74, 6) is -2.23. The molecule has 0 unspecified atom stereocenters. The molecule has 64 valence electrons. The van der Waals surface area contributed by atoms with E-state index in [1.807, 2.05) is 0 Å². The first-order valence-electron chi connectivity index (χ1n) is 3.34. The van der Waals surface area contributed by atoms with Crippen LogP contribution in [-0.2, 0) is 23.1 Å². The third kappa shape index (κ3) is 1.69. The maximum Gasteiger partial charge on any atom is 0.372 e. The fourth-order valence-electron chi connectivity index (χ4n) is 0.815. The normalized spacial score (nSPS) is 9.75. The van der Waals surface area contributed by atoms with Crippen molar-refractivity contribution in [3.05, 3.63) is 18.0 Å². The first-order chi connectivity index (χ1) is 5.61. The van der Waals surface area contributed by atoms with Crippen molar-refractivity contribution in [2.45, 2.75) is 6.42 Å². The number of aryl methyl sites for hydroxylation is 1. The molecule has 12 heavy (non-hydrogen) atoms. The summed E-state index contributed by atoms with van der Waals surface area (Å²) in [6.45, 7) is 0. The average Bonchev–Trinajstić information content (AvgIpc) is 2.36. The van der Waals surface area contributed by atoms with Gasteiger partial charge in [-0.2, -0.15) is 5.10 Å². The molecule has 0 atom stereocenters. The molecule has 1 heterocycles. The van der Waals surface area contributed by atoms with Gasteiger partial charge in [-0.05, 0) is 6.07 Å². The van der Waals surface area contributed by atoms with E-state index >= 15 is 0 Å². The molecule has 0 aliphatic rings. The maximum atomic E-state index is 10.7. The fraction of sp³-hybridized carbons (Fsp3) is 0.286. The summed E-state index contributed by atoms with van der Waals surface area (Å²) in [6, 6.07) is 1.61. The Bertz CT molecular complexity index is 316. The fourth-order valence-corrected chi connectivity index (χ4v) is 0.815. The molecule has 0 saturated carbocycles. The van der Waals surface area contributed by atoms with Crippen molar-refractivity contribution in [2.75, 3.05) is 0 Å². The lowest BCUT2D eigenvalue weighted by molar-refractivity contribution is -0.148. The number of aliphatic carboxylic acids is 1.